The van der Waals surface area contributed by atoms with E-state index in [0.717, 1.165) is 12.1 Å². The van der Waals surface area contributed by atoms with Crippen LogP contribution in [0.3, 0.4) is 0 Å². The highest BCUT2D eigenvalue weighted by atomic mass is 35.5. The topological polar surface area (TPSA) is 92.1 Å². The average molecular weight is 538 g/mol. The predicted octanol–water partition coefficient (Wildman–Crippen LogP) is 6.88. The van der Waals surface area contributed by atoms with E-state index >= 15 is 0 Å². The maximum Gasteiger partial charge on any atom is 0.417 e. The van der Waals surface area contributed by atoms with E-state index in [-0.39, 0.29) is 27.5 Å². The van der Waals surface area contributed by atoms with Crippen LogP contribution in [-0.2, 0) is 10.9 Å². The van der Waals surface area contributed by atoms with Gasteiger partial charge in [-0.15, -0.1) is 0 Å². The highest BCUT2D eigenvalue weighted by Crippen LogP contribution is 2.36. The van der Waals surface area contributed by atoms with Gasteiger partial charge in [0.2, 0.25) is 0 Å². The molecule has 0 aliphatic carbocycles. The quantitative estimate of drug-likeness (QED) is 0.207. The molecule has 0 saturated carbocycles. The van der Waals surface area contributed by atoms with E-state index in [0.29, 0.717) is 16.7 Å². The molecule has 38 heavy (non-hydrogen) atoms. The van der Waals surface area contributed by atoms with Crippen molar-refractivity contribution in [2.45, 2.75) is 6.18 Å². The number of esters is 1. The predicted molar refractivity (Wildman–Crippen MR) is 138 cm³/mol. The van der Waals surface area contributed by atoms with Gasteiger partial charge in [0, 0.05) is 29.1 Å². The SMILES string of the molecule is COC(=O)c1ccc(C(=N)c2ccc(-c3cccnc3)cc2NC(=O)c2c(Cl)cccc2C(F)(F)F)cc1. The molecule has 10 heteroatoms. The lowest BCUT2D eigenvalue weighted by Gasteiger charge is -2.17. The van der Waals surface area contributed by atoms with Crippen molar-refractivity contribution in [3.05, 3.63) is 118 Å². The number of hydrogen-bond acceptors (Lipinski definition) is 5. The van der Waals surface area contributed by atoms with Crippen LogP contribution in [-0.4, -0.2) is 29.7 Å². The van der Waals surface area contributed by atoms with Crippen molar-refractivity contribution in [2.75, 3.05) is 12.4 Å². The lowest BCUT2D eigenvalue weighted by atomic mass is 9.96. The van der Waals surface area contributed by atoms with Crippen LogP contribution in [0.15, 0.2) is 85.2 Å². The fourth-order valence-corrected chi connectivity index (χ4v) is 4.06. The van der Waals surface area contributed by atoms with Crippen molar-refractivity contribution < 1.29 is 27.5 Å². The first-order valence-corrected chi connectivity index (χ1v) is 11.5. The summed E-state index contributed by atoms with van der Waals surface area (Å²) in [6, 6.07) is 17.4. The van der Waals surface area contributed by atoms with Crippen molar-refractivity contribution in [1.82, 2.24) is 4.98 Å². The summed E-state index contributed by atoms with van der Waals surface area (Å²) >= 11 is 6.03. The minimum absolute atomic E-state index is 0.0374. The number of nitrogens with one attached hydrogen (secondary N) is 2. The first-order valence-electron chi connectivity index (χ1n) is 11.1. The summed E-state index contributed by atoms with van der Waals surface area (Å²) in [6.45, 7) is 0. The molecule has 0 spiro atoms. The Morgan fingerprint density at radius 3 is 2.29 bits per heavy atom. The van der Waals surface area contributed by atoms with Crippen LogP contribution in [0.4, 0.5) is 18.9 Å². The zero-order chi connectivity index (χ0) is 27.4. The van der Waals surface area contributed by atoms with Crippen LogP contribution in [0.2, 0.25) is 5.02 Å². The van der Waals surface area contributed by atoms with Gasteiger partial charge in [-0.25, -0.2) is 4.79 Å². The third-order valence-electron chi connectivity index (χ3n) is 5.67. The molecule has 4 rings (SSSR count). The second-order valence-electron chi connectivity index (χ2n) is 8.06. The summed E-state index contributed by atoms with van der Waals surface area (Å²) in [4.78, 5) is 29.0. The number of rotatable bonds is 6. The number of amides is 1. The van der Waals surface area contributed by atoms with E-state index in [1.807, 2.05) is 0 Å². The van der Waals surface area contributed by atoms with Gasteiger partial charge < -0.3 is 10.1 Å². The van der Waals surface area contributed by atoms with Crippen molar-refractivity contribution in [1.29, 1.82) is 5.41 Å². The third kappa shape index (κ3) is 5.57. The Bertz CT molecular complexity index is 1520. The van der Waals surface area contributed by atoms with Crippen molar-refractivity contribution in [3.8, 4) is 11.1 Å². The molecular formula is C28H19ClF3N3O3. The number of nitrogens with zero attached hydrogens (tertiary/aromatic N) is 1. The lowest BCUT2D eigenvalue weighted by Crippen LogP contribution is -2.20. The molecule has 1 aromatic heterocycles. The molecule has 0 bridgehead atoms. The van der Waals surface area contributed by atoms with E-state index in [4.69, 9.17) is 17.0 Å². The Morgan fingerprint density at radius 2 is 1.66 bits per heavy atom. The number of methoxy groups -OCH3 is 1. The minimum Gasteiger partial charge on any atom is -0.465 e. The van der Waals surface area contributed by atoms with Gasteiger partial charge in [-0.3, -0.25) is 15.2 Å². The molecular weight excluding hydrogens is 519 g/mol. The standard InChI is InChI=1S/C28H19ClF3N3O3/c1-38-27(37)17-9-7-16(8-10-17)25(33)20-12-11-18(19-4-3-13-34-15-19)14-23(20)35-26(36)24-21(28(30,31)32)5-2-6-22(24)29/h2-15,33H,1H3,(H,35,36). The summed E-state index contributed by atoms with van der Waals surface area (Å²) in [5, 5.41) is 10.9. The number of ether oxygens (including phenoxy) is 1. The van der Waals surface area contributed by atoms with E-state index in [1.54, 1.807) is 42.7 Å². The van der Waals surface area contributed by atoms with Crippen molar-refractivity contribution in [2.24, 2.45) is 0 Å². The lowest BCUT2D eigenvalue weighted by molar-refractivity contribution is -0.137. The molecule has 0 unspecified atom stereocenters. The highest BCUT2D eigenvalue weighted by Gasteiger charge is 2.36. The van der Waals surface area contributed by atoms with Gasteiger partial charge in [0.15, 0.2) is 0 Å². The van der Waals surface area contributed by atoms with Crippen LogP contribution in [0.1, 0.15) is 37.4 Å². The summed E-state index contributed by atoms with van der Waals surface area (Å²) in [6.07, 6.45) is -1.64. The number of anilines is 1. The van der Waals surface area contributed by atoms with Gasteiger partial charge in [0.25, 0.3) is 5.91 Å². The number of carbonyl (C=O) groups is 2. The zero-order valence-corrected chi connectivity index (χ0v) is 20.5. The number of carbonyl (C=O) groups excluding carboxylic acids is 2. The van der Waals surface area contributed by atoms with E-state index in [2.05, 4.69) is 15.0 Å². The Labute approximate surface area is 220 Å². The van der Waals surface area contributed by atoms with Crippen LogP contribution in [0, 0.1) is 5.41 Å². The molecule has 0 radical (unpaired) electrons. The second kappa shape index (κ2) is 10.9. The van der Waals surface area contributed by atoms with E-state index in [9.17, 15) is 22.8 Å². The maximum absolute atomic E-state index is 13.6. The number of hydrogen-bond donors (Lipinski definition) is 2. The molecule has 0 aliphatic heterocycles. The fraction of sp³-hybridized carbons (Fsp3) is 0.0714. The highest BCUT2D eigenvalue weighted by molar-refractivity contribution is 6.34. The van der Waals surface area contributed by atoms with Gasteiger partial charge in [0.1, 0.15) is 0 Å². The van der Waals surface area contributed by atoms with Crippen LogP contribution >= 0.6 is 11.6 Å². The second-order valence-corrected chi connectivity index (χ2v) is 8.47. The molecule has 3 aromatic carbocycles. The molecule has 0 saturated heterocycles. The molecule has 192 valence electrons. The van der Waals surface area contributed by atoms with Crippen molar-refractivity contribution >= 4 is 34.9 Å². The molecule has 0 fully saturated rings. The van der Waals surface area contributed by atoms with Crippen LogP contribution < -0.4 is 5.32 Å². The normalized spacial score (nSPS) is 11.1. The molecule has 1 amide bonds. The fourth-order valence-electron chi connectivity index (χ4n) is 3.80. The minimum atomic E-state index is -4.81. The number of pyridine rings is 1. The first kappa shape index (κ1) is 26.6. The summed E-state index contributed by atoms with van der Waals surface area (Å²) in [5.41, 5.74) is 0.361. The van der Waals surface area contributed by atoms with Crippen LogP contribution in [0.25, 0.3) is 11.1 Å². The zero-order valence-electron chi connectivity index (χ0n) is 19.8. The summed E-state index contributed by atoms with van der Waals surface area (Å²) < 4.78 is 45.6. The number of benzene rings is 3. The molecule has 2 N–H and O–H groups in total. The molecule has 1 heterocycles. The Balaban J connectivity index is 1.79. The van der Waals surface area contributed by atoms with Crippen LogP contribution in [0.5, 0.6) is 0 Å². The Morgan fingerprint density at radius 1 is 0.947 bits per heavy atom. The molecule has 4 aromatic rings. The Hall–Kier alpha value is -4.50. The molecule has 0 atom stereocenters. The first-order chi connectivity index (χ1) is 18.1. The smallest absolute Gasteiger partial charge is 0.417 e. The average Bonchev–Trinajstić information content (AvgIpc) is 2.92. The van der Waals surface area contributed by atoms with E-state index in [1.165, 1.54) is 37.4 Å². The van der Waals surface area contributed by atoms with Gasteiger partial charge >= 0.3 is 12.1 Å². The monoisotopic (exact) mass is 537 g/mol. The Kier molecular flexibility index (Phi) is 7.59. The van der Waals surface area contributed by atoms with Gasteiger partial charge in [0.05, 0.1) is 40.2 Å². The maximum atomic E-state index is 13.6. The van der Waals surface area contributed by atoms with E-state index < -0.39 is 29.2 Å². The molecule has 0 aliphatic rings. The van der Waals surface area contributed by atoms with Gasteiger partial charge in [-0.05, 0) is 42.0 Å². The number of halogens is 4. The van der Waals surface area contributed by atoms with Gasteiger partial charge in [-0.1, -0.05) is 48.0 Å². The third-order valence-corrected chi connectivity index (χ3v) is 5.99. The largest absolute Gasteiger partial charge is 0.465 e. The summed E-state index contributed by atoms with van der Waals surface area (Å²) in [5.74, 6) is -1.63. The summed E-state index contributed by atoms with van der Waals surface area (Å²) in [7, 11) is 1.25. The number of alkyl halides is 3. The van der Waals surface area contributed by atoms with Gasteiger partial charge in [-0.2, -0.15) is 13.2 Å². The van der Waals surface area contributed by atoms with Crippen molar-refractivity contribution in [3.63, 3.8) is 0 Å². The number of aromatic nitrogens is 1. The molecule has 6 nitrogen and oxygen atoms in total.